The summed E-state index contributed by atoms with van der Waals surface area (Å²) in [6.07, 6.45) is 0.378. The van der Waals surface area contributed by atoms with Crippen LogP contribution in [0.4, 0.5) is 11.4 Å². The summed E-state index contributed by atoms with van der Waals surface area (Å²) >= 11 is 4.97. The first-order valence-electron chi connectivity index (χ1n) is 5.49. The van der Waals surface area contributed by atoms with E-state index < -0.39 is 0 Å². The Hall–Kier alpha value is -1.95. The number of hydrogen-bond donors (Lipinski definition) is 3. The number of thiocarbonyl (C=S) groups is 1. The van der Waals surface area contributed by atoms with Crippen molar-refractivity contribution in [3.63, 3.8) is 0 Å². The molecule has 0 aliphatic rings. The van der Waals surface area contributed by atoms with Gasteiger partial charge >= 0.3 is 0 Å². The maximum Gasteiger partial charge on any atom is 0.225 e. The van der Waals surface area contributed by atoms with Crippen LogP contribution in [-0.2, 0) is 9.59 Å². The molecule has 0 heterocycles. The van der Waals surface area contributed by atoms with Crippen LogP contribution in [-0.4, -0.2) is 16.9 Å². The fraction of sp³-hybridized carbons (Fsp3) is 0.250. The summed E-state index contributed by atoms with van der Waals surface area (Å²) < 4.78 is 0. The molecule has 0 aliphatic heterocycles. The average molecular weight is 265 g/mol. The van der Waals surface area contributed by atoms with Crippen LogP contribution in [0.3, 0.4) is 0 Å². The molecular formula is C12H15N3O2S. The summed E-state index contributed by atoms with van der Waals surface area (Å²) in [6, 6.07) is 7.01. The van der Waals surface area contributed by atoms with Crippen LogP contribution >= 0.6 is 12.2 Å². The van der Waals surface area contributed by atoms with Crippen molar-refractivity contribution in [2.45, 2.75) is 20.3 Å². The fourth-order valence-electron chi connectivity index (χ4n) is 1.22. The molecule has 0 radical (unpaired) electrons. The predicted molar refractivity (Wildman–Crippen MR) is 75.4 cm³/mol. The zero-order valence-corrected chi connectivity index (χ0v) is 11.1. The van der Waals surface area contributed by atoms with E-state index in [-0.39, 0.29) is 16.9 Å². The van der Waals surface area contributed by atoms with Crippen molar-refractivity contribution < 1.29 is 9.59 Å². The van der Waals surface area contributed by atoms with Gasteiger partial charge < -0.3 is 16.0 Å². The number of rotatable bonds is 3. The molecule has 2 amide bonds. The number of hydrogen-bond acceptors (Lipinski definition) is 3. The highest BCUT2D eigenvalue weighted by Crippen LogP contribution is 2.13. The minimum absolute atomic E-state index is 0.124. The van der Waals surface area contributed by atoms with E-state index in [1.54, 1.807) is 31.2 Å². The van der Waals surface area contributed by atoms with Gasteiger partial charge in [0.1, 0.15) is 0 Å². The summed E-state index contributed by atoms with van der Waals surface area (Å²) in [7, 11) is 0. The molecule has 18 heavy (non-hydrogen) atoms. The molecule has 0 atom stereocenters. The summed E-state index contributed by atoms with van der Waals surface area (Å²) in [5, 5.41) is 8.33. The Labute approximate surface area is 111 Å². The molecule has 0 aromatic heterocycles. The van der Waals surface area contributed by atoms with E-state index >= 15 is 0 Å². The lowest BCUT2D eigenvalue weighted by Crippen LogP contribution is -2.33. The first-order valence-corrected chi connectivity index (χ1v) is 5.90. The van der Waals surface area contributed by atoms with Gasteiger partial charge in [0.05, 0.1) is 0 Å². The van der Waals surface area contributed by atoms with Crippen LogP contribution in [0.1, 0.15) is 20.3 Å². The Bertz CT molecular complexity index is 457. The molecule has 96 valence electrons. The van der Waals surface area contributed by atoms with Crippen LogP contribution < -0.4 is 16.0 Å². The van der Waals surface area contributed by atoms with Gasteiger partial charge in [-0.05, 0) is 36.5 Å². The Kier molecular flexibility index (Phi) is 5.26. The third-order valence-corrected chi connectivity index (χ3v) is 2.24. The van der Waals surface area contributed by atoms with Gasteiger partial charge in [-0.2, -0.15) is 0 Å². The van der Waals surface area contributed by atoms with Gasteiger partial charge in [0.25, 0.3) is 0 Å². The second kappa shape index (κ2) is 6.70. The third kappa shape index (κ3) is 4.92. The lowest BCUT2D eigenvalue weighted by molar-refractivity contribution is -0.119. The van der Waals surface area contributed by atoms with Crippen molar-refractivity contribution in [2.24, 2.45) is 0 Å². The molecule has 0 saturated carbocycles. The maximum absolute atomic E-state index is 11.1. The number of anilines is 2. The summed E-state index contributed by atoms with van der Waals surface area (Å²) in [5.41, 5.74) is 1.45. The van der Waals surface area contributed by atoms with Gasteiger partial charge in [-0.25, -0.2) is 0 Å². The lowest BCUT2D eigenvalue weighted by Gasteiger charge is -2.09. The van der Waals surface area contributed by atoms with Gasteiger partial charge in [0.2, 0.25) is 11.8 Å². The SMILES string of the molecule is CCC(=O)NC(=S)Nc1ccc(NC(C)=O)cc1. The average Bonchev–Trinajstić information content (AvgIpc) is 2.30. The molecule has 0 aliphatic carbocycles. The second-order valence-electron chi connectivity index (χ2n) is 3.61. The van der Waals surface area contributed by atoms with Crippen LogP contribution in [0.5, 0.6) is 0 Å². The first-order chi connectivity index (χ1) is 8.51. The summed E-state index contributed by atoms with van der Waals surface area (Å²) in [4.78, 5) is 21.9. The van der Waals surface area contributed by atoms with E-state index in [2.05, 4.69) is 16.0 Å². The predicted octanol–water partition coefficient (Wildman–Crippen LogP) is 1.87. The minimum atomic E-state index is -0.137. The van der Waals surface area contributed by atoms with Gasteiger partial charge in [0.15, 0.2) is 5.11 Å². The quantitative estimate of drug-likeness (QED) is 0.730. The van der Waals surface area contributed by atoms with E-state index in [0.717, 1.165) is 5.69 Å². The number of carbonyl (C=O) groups excluding carboxylic acids is 2. The molecule has 0 bridgehead atoms. The molecule has 6 heteroatoms. The number of nitrogens with one attached hydrogen (secondary N) is 3. The number of carbonyl (C=O) groups is 2. The molecule has 5 nitrogen and oxygen atoms in total. The highest BCUT2D eigenvalue weighted by molar-refractivity contribution is 7.80. The first kappa shape index (κ1) is 14.1. The topological polar surface area (TPSA) is 70.2 Å². The van der Waals surface area contributed by atoms with Crippen LogP contribution in [0, 0.1) is 0 Å². The highest BCUT2D eigenvalue weighted by Gasteiger charge is 2.02. The van der Waals surface area contributed by atoms with E-state index in [4.69, 9.17) is 12.2 Å². The van der Waals surface area contributed by atoms with Crippen LogP contribution in [0.25, 0.3) is 0 Å². The summed E-state index contributed by atoms with van der Waals surface area (Å²) in [5.74, 6) is -0.260. The van der Waals surface area contributed by atoms with E-state index in [9.17, 15) is 9.59 Å². The van der Waals surface area contributed by atoms with Gasteiger partial charge in [-0.3, -0.25) is 9.59 Å². The number of benzene rings is 1. The van der Waals surface area contributed by atoms with Gasteiger partial charge in [-0.15, -0.1) is 0 Å². The van der Waals surface area contributed by atoms with Crippen molar-refractivity contribution in [3.8, 4) is 0 Å². The molecule has 1 aromatic carbocycles. The largest absolute Gasteiger partial charge is 0.332 e. The Morgan fingerprint density at radius 2 is 1.61 bits per heavy atom. The van der Waals surface area contributed by atoms with Crippen molar-refractivity contribution in [1.29, 1.82) is 0 Å². The lowest BCUT2D eigenvalue weighted by atomic mass is 10.3. The van der Waals surface area contributed by atoms with E-state index in [1.165, 1.54) is 6.92 Å². The molecule has 1 aromatic rings. The van der Waals surface area contributed by atoms with Gasteiger partial charge in [0, 0.05) is 24.7 Å². The second-order valence-corrected chi connectivity index (χ2v) is 4.02. The normalized spacial score (nSPS) is 9.44. The molecule has 0 unspecified atom stereocenters. The monoisotopic (exact) mass is 265 g/mol. The zero-order chi connectivity index (χ0) is 13.5. The third-order valence-electron chi connectivity index (χ3n) is 2.04. The van der Waals surface area contributed by atoms with Crippen molar-refractivity contribution >= 4 is 40.5 Å². The van der Waals surface area contributed by atoms with Crippen molar-refractivity contribution in [3.05, 3.63) is 24.3 Å². The van der Waals surface area contributed by atoms with Crippen molar-refractivity contribution in [2.75, 3.05) is 10.6 Å². The zero-order valence-electron chi connectivity index (χ0n) is 10.2. The standard InChI is InChI=1S/C12H15N3O2S/c1-3-11(17)15-12(18)14-10-6-4-9(5-7-10)13-8(2)16/h4-7H,3H2,1-2H3,(H,13,16)(H2,14,15,17,18). The molecular weight excluding hydrogens is 250 g/mol. The van der Waals surface area contributed by atoms with Crippen molar-refractivity contribution in [1.82, 2.24) is 5.32 Å². The molecule has 0 saturated heterocycles. The smallest absolute Gasteiger partial charge is 0.225 e. The van der Waals surface area contributed by atoms with E-state index in [0.29, 0.717) is 12.1 Å². The fourth-order valence-corrected chi connectivity index (χ4v) is 1.45. The Morgan fingerprint density at radius 3 is 2.06 bits per heavy atom. The minimum Gasteiger partial charge on any atom is -0.332 e. The molecule has 1 rings (SSSR count). The molecule has 0 spiro atoms. The maximum atomic E-state index is 11.1. The van der Waals surface area contributed by atoms with Gasteiger partial charge in [-0.1, -0.05) is 6.92 Å². The Morgan fingerprint density at radius 1 is 1.11 bits per heavy atom. The van der Waals surface area contributed by atoms with E-state index in [1.807, 2.05) is 0 Å². The number of amides is 2. The molecule has 3 N–H and O–H groups in total. The summed E-state index contributed by atoms with van der Waals surface area (Å²) in [6.45, 7) is 3.20. The van der Waals surface area contributed by atoms with Crippen LogP contribution in [0.2, 0.25) is 0 Å². The molecule has 0 fully saturated rings. The highest BCUT2D eigenvalue weighted by atomic mass is 32.1. The Balaban J connectivity index is 2.55. The van der Waals surface area contributed by atoms with Crippen LogP contribution in [0.15, 0.2) is 24.3 Å².